The molecule has 0 aliphatic carbocycles. The number of pyridine rings is 2. The van der Waals surface area contributed by atoms with Crippen LogP contribution in [-0.2, 0) is 12.0 Å². The third-order valence-corrected chi connectivity index (χ3v) is 13.7. The van der Waals surface area contributed by atoms with Crippen LogP contribution in [0, 0.1) is 5.41 Å². The Balaban J connectivity index is 1.33. The predicted molar refractivity (Wildman–Crippen MR) is 222 cm³/mol. The summed E-state index contributed by atoms with van der Waals surface area (Å²) in [5, 5.41) is 10.9. The lowest BCUT2D eigenvalue weighted by Crippen LogP contribution is -2.72. The molecule has 4 heteroatoms. The molecule has 256 valence electrons. The Hall–Kier alpha value is -5.58. The molecule has 1 unspecified atom stereocenters. The first-order valence-corrected chi connectivity index (χ1v) is 22.3. The summed E-state index contributed by atoms with van der Waals surface area (Å²) >= 11 is 0. The predicted octanol–water partition coefficient (Wildman–Crippen LogP) is 11.0. The topological polar surface area (TPSA) is 20.9 Å². The summed E-state index contributed by atoms with van der Waals surface area (Å²) in [7, 11) is -1.72. The summed E-state index contributed by atoms with van der Waals surface area (Å²) in [6, 6.07) is 44.0. The molecular weight excluding hydrogens is 661 g/mol. The van der Waals surface area contributed by atoms with Gasteiger partial charge in [-0.1, -0.05) is 107 Å². The molecule has 0 radical (unpaired) electrons. The van der Waals surface area contributed by atoms with Crippen LogP contribution in [0.15, 0.2) is 138 Å². The smallest absolute Gasteiger partial charge is 0.417 e. The highest BCUT2D eigenvalue weighted by Crippen LogP contribution is 2.52. The second-order valence-electron chi connectivity index (χ2n) is 17.1. The Morgan fingerprint density at radius 3 is 2.04 bits per heavy atom. The third kappa shape index (κ3) is 4.05. The molecule has 2 aliphatic rings. The fourth-order valence-electron chi connectivity index (χ4n) is 9.58. The van der Waals surface area contributed by atoms with E-state index in [-0.39, 0.29) is 0 Å². The number of hydrogen-bond donors (Lipinski definition) is 0. The van der Waals surface area contributed by atoms with Gasteiger partial charge in [-0.25, -0.2) is 0 Å². The van der Waals surface area contributed by atoms with Gasteiger partial charge in [0.25, 0.3) is 0 Å². The van der Waals surface area contributed by atoms with Gasteiger partial charge < -0.3 is 4.42 Å². The molecule has 0 saturated carbocycles. The first kappa shape index (κ1) is 28.9. The minimum absolute atomic E-state index is 0.618. The van der Waals surface area contributed by atoms with Gasteiger partial charge in [-0.05, 0) is 80.7 Å². The van der Waals surface area contributed by atoms with Crippen LogP contribution in [0.2, 0.25) is 19.6 Å². The van der Waals surface area contributed by atoms with E-state index in [0.717, 1.165) is 38.8 Å². The molecule has 5 heterocycles. The van der Waals surface area contributed by atoms with E-state index < -0.39 is 25.5 Å². The largest absolute Gasteiger partial charge is 0.455 e. The Morgan fingerprint density at radius 1 is 0.642 bits per heavy atom. The van der Waals surface area contributed by atoms with Crippen molar-refractivity contribution in [3.8, 4) is 22.5 Å². The summed E-state index contributed by atoms with van der Waals surface area (Å²) < 4.78 is 30.9. The van der Waals surface area contributed by atoms with Gasteiger partial charge in [0.05, 0.1) is 13.6 Å². The second-order valence-corrected chi connectivity index (χ2v) is 22.2. The lowest BCUT2D eigenvalue weighted by Gasteiger charge is -2.20. The number of rotatable bonds is 2. The van der Waals surface area contributed by atoms with Crippen LogP contribution in [-0.4, -0.2) is 8.07 Å². The van der Waals surface area contributed by atoms with Crippen molar-refractivity contribution in [1.29, 1.82) is 0 Å². The molecule has 0 saturated heterocycles. The van der Waals surface area contributed by atoms with Crippen molar-refractivity contribution in [2.24, 2.45) is 5.41 Å². The molecular formula is C49H42N2OSi+2. The lowest BCUT2D eigenvalue weighted by atomic mass is 9.87. The molecule has 3 aromatic heterocycles. The van der Waals surface area contributed by atoms with Gasteiger partial charge in [-0.3, -0.25) is 0 Å². The Kier molecular flexibility index (Phi) is 5.62. The van der Waals surface area contributed by atoms with Crippen molar-refractivity contribution in [2.75, 3.05) is 0 Å². The molecule has 1 atom stereocenters. The summed E-state index contributed by atoms with van der Waals surface area (Å²) in [4.78, 5) is 0. The zero-order valence-electron chi connectivity index (χ0n) is 33.0. The molecule has 9 aromatic rings. The molecule has 2 aliphatic heterocycles. The molecule has 0 N–H and O–H groups in total. The quantitative estimate of drug-likeness (QED) is 0.0997. The first-order chi connectivity index (χ1) is 26.3. The highest BCUT2D eigenvalue weighted by Gasteiger charge is 2.67. The van der Waals surface area contributed by atoms with E-state index in [1.54, 1.807) is 0 Å². The van der Waals surface area contributed by atoms with Crippen molar-refractivity contribution in [3.05, 3.63) is 150 Å². The standard InChI is InChI=1S/C49H42N2OSi/c1-48(2,3)28-30-25-26-50-42(27-30)46-40(49(50)39-18-12-11-17-37(39)41-23-19-31(29-51(41)49)53(4,5)6)22-20-38-45-43(52-47(38)46)24-21-36-34-15-8-7-13-32(34)33-14-9-10-16-35(33)44(36)45/h7-27,29H,28H2,1-6H3/q+2/i28D2. The van der Waals surface area contributed by atoms with E-state index in [0.29, 0.717) is 5.56 Å². The highest BCUT2D eigenvalue weighted by molar-refractivity contribution is 6.88. The van der Waals surface area contributed by atoms with Crippen LogP contribution in [0.4, 0.5) is 0 Å². The van der Waals surface area contributed by atoms with Crippen molar-refractivity contribution in [1.82, 2.24) is 0 Å². The van der Waals surface area contributed by atoms with Crippen LogP contribution in [0.1, 0.15) is 40.2 Å². The average Bonchev–Trinajstić information content (AvgIpc) is 3.80. The molecule has 0 amide bonds. The van der Waals surface area contributed by atoms with Gasteiger partial charge in [0.2, 0.25) is 11.4 Å². The number of furan rings is 1. The normalized spacial score (nSPS) is 17.1. The van der Waals surface area contributed by atoms with Crippen LogP contribution >= 0.6 is 0 Å². The van der Waals surface area contributed by atoms with Crippen molar-refractivity contribution in [2.45, 2.75) is 52.4 Å². The van der Waals surface area contributed by atoms with Crippen LogP contribution in [0.3, 0.4) is 0 Å². The van der Waals surface area contributed by atoms with E-state index in [4.69, 9.17) is 4.42 Å². The number of hydrogen-bond acceptors (Lipinski definition) is 1. The molecule has 0 bridgehead atoms. The van der Waals surface area contributed by atoms with Crippen LogP contribution in [0.5, 0.6) is 0 Å². The molecule has 0 fully saturated rings. The monoisotopic (exact) mass is 704 g/mol. The summed E-state index contributed by atoms with van der Waals surface area (Å²) in [5.74, 6) is 0. The number of benzene rings is 6. The highest BCUT2D eigenvalue weighted by atomic mass is 28.3. The van der Waals surface area contributed by atoms with Gasteiger partial charge in [0.15, 0.2) is 12.4 Å². The Morgan fingerprint density at radius 2 is 1.30 bits per heavy atom. The maximum absolute atomic E-state index is 9.41. The van der Waals surface area contributed by atoms with Gasteiger partial charge in [0, 0.05) is 42.3 Å². The Labute approximate surface area is 313 Å². The van der Waals surface area contributed by atoms with Crippen molar-refractivity contribution in [3.63, 3.8) is 0 Å². The van der Waals surface area contributed by atoms with Crippen LogP contribution < -0.4 is 14.3 Å². The minimum atomic E-state index is -1.72. The summed E-state index contributed by atoms with van der Waals surface area (Å²) in [6.45, 7) is 13.2. The van der Waals surface area contributed by atoms with E-state index in [1.807, 2.05) is 26.8 Å². The molecule has 1 spiro atoms. The third-order valence-electron chi connectivity index (χ3n) is 11.7. The number of aromatic nitrogens is 2. The molecule has 53 heavy (non-hydrogen) atoms. The lowest BCUT2D eigenvalue weighted by molar-refractivity contribution is -0.954. The summed E-state index contributed by atoms with van der Waals surface area (Å²) in [5.41, 5.74) is 7.70. The summed E-state index contributed by atoms with van der Waals surface area (Å²) in [6.07, 6.45) is 2.96. The maximum atomic E-state index is 9.41. The number of nitrogens with zero attached hydrogens (tertiary/aromatic N) is 2. The van der Waals surface area contributed by atoms with E-state index in [1.165, 1.54) is 54.3 Å². The first-order valence-electron chi connectivity index (χ1n) is 19.8. The van der Waals surface area contributed by atoms with Gasteiger partial charge in [-0.15, -0.1) is 9.13 Å². The Bertz CT molecular complexity index is 3130. The van der Waals surface area contributed by atoms with E-state index in [2.05, 4.69) is 156 Å². The van der Waals surface area contributed by atoms with Gasteiger partial charge in [-0.2, -0.15) is 0 Å². The van der Waals surface area contributed by atoms with Crippen molar-refractivity contribution < 1.29 is 16.3 Å². The van der Waals surface area contributed by atoms with Crippen molar-refractivity contribution >= 4 is 67.5 Å². The average molecular weight is 705 g/mol. The minimum Gasteiger partial charge on any atom is -0.455 e. The van der Waals surface area contributed by atoms with E-state index in [9.17, 15) is 2.74 Å². The van der Waals surface area contributed by atoms with Gasteiger partial charge in [0.1, 0.15) is 27.9 Å². The molecule has 3 nitrogen and oxygen atoms in total. The van der Waals surface area contributed by atoms with Crippen LogP contribution in [0.25, 0.3) is 76.8 Å². The van der Waals surface area contributed by atoms with Gasteiger partial charge >= 0.3 is 5.66 Å². The fraction of sp³-hybridized carbons (Fsp3) is 0.184. The second kappa shape index (κ2) is 10.3. The SMILES string of the molecule is [2H]C([2H])(c1cc[n+]2c(c1)-c1c(ccc3c1oc1ccc4c5ccccc5c5ccccc5c4c13)C21c2ccccc2-c2ccc([Si](C)(C)C)c[n+]21)C(C)(C)C. The van der Waals surface area contributed by atoms with E-state index >= 15 is 0 Å². The molecule has 11 rings (SSSR count). The maximum Gasteiger partial charge on any atom is 0.417 e. The zero-order chi connectivity index (χ0) is 37.8. The zero-order valence-corrected chi connectivity index (χ0v) is 32.0. The fourth-order valence-corrected chi connectivity index (χ4v) is 10.7. The molecule has 6 aromatic carbocycles. The number of fused-ring (bicyclic) bond motifs is 21.